The van der Waals surface area contributed by atoms with Gasteiger partial charge in [-0.3, -0.25) is 4.79 Å². The molecule has 3 aromatic rings. The zero-order valence-corrected chi connectivity index (χ0v) is 13.8. The Balaban J connectivity index is 0.00000180. The molecule has 6 nitrogen and oxygen atoms in total. The summed E-state index contributed by atoms with van der Waals surface area (Å²) in [7, 11) is 0. The van der Waals surface area contributed by atoms with Crippen LogP contribution in [-0.4, -0.2) is 17.7 Å². The second-order valence-corrected chi connectivity index (χ2v) is 6.68. The summed E-state index contributed by atoms with van der Waals surface area (Å²) in [6, 6.07) is 13.4. The summed E-state index contributed by atoms with van der Waals surface area (Å²) in [6.45, 7) is 0.221. The third kappa shape index (κ3) is 2.14. The van der Waals surface area contributed by atoms with E-state index in [2.05, 4.69) is 16.4 Å². The van der Waals surface area contributed by atoms with Crippen LogP contribution in [-0.2, 0) is 10.2 Å². The lowest BCUT2D eigenvalue weighted by atomic mass is 9.94. The Labute approximate surface area is 150 Å². The number of nitrogens with zero attached hydrogens (tertiary/aromatic N) is 1. The highest BCUT2D eigenvalue weighted by molar-refractivity contribution is 6.02. The van der Waals surface area contributed by atoms with Gasteiger partial charge in [0.25, 0.3) is 0 Å². The van der Waals surface area contributed by atoms with Gasteiger partial charge >= 0.3 is 0 Å². The third-order valence-corrected chi connectivity index (χ3v) is 5.17. The summed E-state index contributed by atoms with van der Waals surface area (Å²) in [5.41, 5.74) is 2.57. The maximum absolute atomic E-state index is 12.9. The van der Waals surface area contributed by atoms with Crippen LogP contribution in [0.3, 0.4) is 0 Å². The molecular formula is C20H17N3O3. The Bertz CT molecular complexity index is 1100. The molecule has 2 heterocycles. The molecule has 2 aliphatic rings. The van der Waals surface area contributed by atoms with E-state index < -0.39 is 5.41 Å². The molecule has 2 aromatic carbocycles. The average molecular weight is 347 g/mol. The van der Waals surface area contributed by atoms with Crippen molar-refractivity contribution in [3.05, 3.63) is 53.7 Å². The molecule has 0 spiro atoms. The molecule has 0 atom stereocenters. The van der Waals surface area contributed by atoms with Crippen molar-refractivity contribution in [1.82, 2.24) is 4.98 Å². The molecule has 6 heteroatoms. The van der Waals surface area contributed by atoms with E-state index >= 15 is 0 Å². The minimum absolute atomic E-state index is 0. The molecule has 5 rings (SSSR count). The molecule has 0 saturated heterocycles. The fraction of sp³-hybridized carbons (Fsp3) is 0.200. The monoisotopic (exact) mass is 347 g/mol. The van der Waals surface area contributed by atoms with Crippen molar-refractivity contribution in [2.75, 3.05) is 12.1 Å². The van der Waals surface area contributed by atoms with Crippen molar-refractivity contribution in [2.45, 2.75) is 18.3 Å². The van der Waals surface area contributed by atoms with Crippen LogP contribution >= 0.6 is 0 Å². The summed E-state index contributed by atoms with van der Waals surface area (Å²) < 4.78 is 10.8. The summed E-state index contributed by atoms with van der Waals surface area (Å²) in [5.74, 6) is 1.39. The van der Waals surface area contributed by atoms with E-state index in [1.54, 1.807) is 6.20 Å². The molecule has 26 heavy (non-hydrogen) atoms. The van der Waals surface area contributed by atoms with Crippen molar-refractivity contribution in [3.63, 3.8) is 0 Å². The van der Waals surface area contributed by atoms with E-state index in [1.807, 2.05) is 36.4 Å². The Hall–Kier alpha value is -3.46. The molecule has 1 amide bonds. The number of aromatic nitrogens is 1. The minimum Gasteiger partial charge on any atom is -0.454 e. The summed E-state index contributed by atoms with van der Waals surface area (Å²) in [6.07, 6.45) is 3.29. The first-order valence-electron chi connectivity index (χ1n) is 8.42. The molecule has 0 bridgehead atoms. The number of anilines is 1. The van der Waals surface area contributed by atoms with Crippen LogP contribution in [0.25, 0.3) is 10.9 Å². The summed E-state index contributed by atoms with van der Waals surface area (Å²) in [5, 5.41) is 13.0. The molecule has 1 aromatic heterocycles. The van der Waals surface area contributed by atoms with E-state index in [0.29, 0.717) is 17.0 Å². The topological polar surface area (TPSA) is 87.1 Å². The number of ether oxygens (including phenoxy) is 2. The maximum Gasteiger partial charge on any atom is 0.235 e. The number of amides is 1. The van der Waals surface area contributed by atoms with Crippen LogP contribution in [0, 0.1) is 11.3 Å². The molecule has 1 aliphatic carbocycles. The number of rotatable bonds is 3. The highest BCUT2D eigenvalue weighted by Crippen LogP contribution is 2.51. The number of aromatic amines is 1. The first-order chi connectivity index (χ1) is 12.7. The number of hydrogen-bond donors (Lipinski definition) is 2. The zero-order valence-electron chi connectivity index (χ0n) is 13.8. The second kappa shape index (κ2) is 5.27. The molecule has 2 N–H and O–H groups in total. The lowest BCUT2D eigenvalue weighted by molar-refractivity contribution is -0.118. The number of nitrogens with one attached hydrogen (secondary N) is 2. The number of fused-ring (bicyclic) bond motifs is 2. The van der Waals surface area contributed by atoms with E-state index in [1.165, 1.54) is 0 Å². The molecule has 1 saturated carbocycles. The van der Waals surface area contributed by atoms with Gasteiger partial charge in [-0.2, -0.15) is 5.26 Å². The van der Waals surface area contributed by atoms with Crippen LogP contribution in [0.5, 0.6) is 11.5 Å². The van der Waals surface area contributed by atoms with Gasteiger partial charge in [0.05, 0.1) is 11.0 Å². The van der Waals surface area contributed by atoms with Gasteiger partial charge < -0.3 is 19.8 Å². The van der Waals surface area contributed by atoms with Crippen LogP contribution < -0.4 is 14.8 Å². The molecule has 1 fully saturated rings. The highest BCUT2D eigenvalue weighted by Gasteiger charge is 2.51. The largest absolute Gasteiger partial charge is 0.454 e. The molecule has 1 aliphatic heterocycles. The van der Waals surface area contributed by atoms with Crippen molar-refractivity contribution in [3.8, 4) is 17.6 Å². The smallest absolute Gasteiger partial charge is 0.235 e. The van der Waals surface area contributed by atoms with Crippen molar-refractivity contribution in [2.24, 2.45) is 0 Å². The fourth-order valence-electron chi connectivity index (χ4n) is 3.51. The number of H-pyrrole nitrogens is 1. The average Bonchev–Trinajstić information content (AvgIpc) is 3.17. The number of carbonyl (C=O) groups is 1. The molecule has 0 radical (unpaired) electrons. The zero-order chi connectivity index (χ0) is 17.7. The van der Waals surface area contributed by atoms with Gasteiger partial charge in [-0.25, -0.2) is 0 Å². The van der Waals surface area contributed by atoms with Crippen LogP contribution in [0.4, 0.5) is 5.69 Å². The van der Waals surface area contributed by atoms with Gasteiger partial charge in [0.15, 0.2) is 11.5 Å². The van der Waals surface area contributed by atoms with Crippen LogP contribution in [0.2, 0.25) is 0 Å². The van der Waals surface area contributed by atoms with E-state index in [0.717, 1.165) is 35.1 Å². The highest BCUT2D eigenvalue weighted by atomic mass is 16.7. The lowest BCUT2D eigenvalue weighted by Gasteiger charge is -2.16. The Morgan fingerprint density at radius 1 is 1.19 bits per heavy atom. The van der Waals surface area contributed by atoms with E-state index in [9.17, 15) is 4.79 Å². The van der Waals surface area contributed by atoms with E-state index in [4.69, 9.17) is 14.7 Å². The van der Waals surface area contributed by atoms with Crippen LogP contribution in [0.1, 0.15) is 25.4 Å². The Morgan fingerprint density at radius 2 is 2.04 bits per heavy atom. The Kier molecular flexibility index (Phi) is 3.01. The third-order valence-electron chi connectivity index (χ3n) is 5.17. The predicted octanol–water partition coefficient (Wildman–Crippen LogP) is 3.68. The molecular weight excluding hydrogens is 330 g/mol. The lowest BCUT2D eigenvalue weighted by Crippen LogP contribution is -2.27. The van der Waals surface area contributed by atoms with Crippen molar-refractivity contribution in [1.29, 1.82) is 5.26 Å². The molecule has 0 unspecified atom stereocenters. The minimum atomic E-state index is -0.510. The van der Waals surface area contributed by atoms with E-state index in [-0.39, 0.29) is 14.1 Å². The SMILES string of the molecule is N#Cc1c[nH]c2cc(NC(=O)C3(c4ccc5c(c4)OCO5)CC3)ccc12.[HH]. The quantitative estimate of drug-likeness (QED) is 0.756. The van der Waals surface area contributed by atoms with Gasteiger partial charge in [-0.05, 0) is 48.7 Å². The summed E-state index contributed by atoms with van der Waals surface area (Å²) in [4.78, 5) is 16.0. The van der Waals surface area contributed by atoms with Crippen molar-refractivity contribution < 1.29 is 15.7 Å². The number of benzene rings is 2. The second-order valence-electron chi connectivity index (χ2n) is 6.68. The normalized spacial score (nSPS) is 16.3. The number of nitriles is 1. The fourth-order valence-corrected chi connectivity index (χ4v) is 3.51. The van der Waals surface area contributed by atoms with Crippen molar-refractivity contribution >= 4 is 22.5 Å². The first kappa shape index (κ1) is 14.8. The molecule has 130 valence electrons. The number of carbonyl (C=O) groups excluding carboxylic acids is 1. The van der Waals surface area contributed by atoms with Gasteiger partial charge in [0.1, 0.15) is 6.07 Å². The Morgan fingerprint density at radius 3 is 2.85 bits per heavy atom. The van der Waals surface area contributed by atoms with Gasteiger partial charge in [-0.1, -0.05) is 6.07 Å². The maximum atomic E-state index is 12.9. The first-order valence-corrected chi connectivity index (χ1v) is 8.42. The van der Waals surface area contributed by atoms with Gasteiger partial charge in [-0.15, -0.1) is 0 Å². The summed E-state index contributed by atoms with van der Waals surface area (Å²) >= 11 is 0. The number of hydrogen-bond acceptors (Lipinski definition) is 4. The van der Waals surface area contributed by atoms with Gasteiger partial charge in [0, 0.05) is 24.2 Å². The predicted molar refractivity (Wildman–Crippen MR) is 97.2 cm³/mol. The standard InChI is InChI=1S/C20H15N3O3.H2/c21-9-12-10-22-16-8-14(2-3-15(12)16)23-19(24)20(5-6-20)13-1-4-17-18(7-13)26-11-25-17;/h1-4,7-8,10,22H,5-6,11H2,(H,23,24);1H. The van der Waals surface area contributed by atoms with Crippen LogP contribution in [0.15, 0.2) is 42.6 Å². The van der Waals surface area contributed by atoms with Gasteiger partial charge in [0.2, 0.25) is 12.7 Å².